The third kappa shape index (κ3) is 5.66. The molecule has 1 aliphatic heterocycles. The van der Waals surface area contributed by atoms with Gasteiger partial charge in [-0.3, -0.25) is 0 Å². The largest absolute Gasteiger partial charge is 0.247 e. The van der Waals surface area contributed by atoms with Crippen molar-refractivity contribution in [1.29, 1.82) is 0 Å². The van der Waals surface area contributed by atoms with Gasteiger partial charge in [-0.05, 0) is 80.2 Å². The topological polar surface area (TPSA) is 38.7 Å². The van der Waals surface area contributed by atoms with E-state index >= 15 is 0 Å². The van der Waals surface area contributed by atoms with E-state index in [0.717, 1.165) is 66.8 Å². The van der Waals surface area contributed by atoms with Crippen LogP contribution in [0.1, 0.15) is 22.3 Å². The van der Waals surface area contributed by atoms with Crippen LogP contribution < -0.4 is 0 Å². The molecular formula is C60H37N3S. The molecule has 0 saturated heterocycles. The molecule has 0 amide bonds. The molecule has 0 bridgehead atoms. The molecule has 3 heterocycles. The molecule has 298 valence electrons. The Hall–Kier alpha value is -7.92. The maximum atomic E-state index is 5.41. The lowest BCUT2D eigenvalue weighted by Crippen LogP contribution is -2.32. The number of fused-ring (bicyclic) bond motifs is 12. The van der Waals surface area contributed by atoms with Gasteiger partial charge in [0.2, 0.25) is 0 Å². The first kappa shape index (κ1) is 36.7. The van der Waals surface area contributed by atoms with Gasteiger partial charge < -0.3 is 0 Å². The van der Waals surface area contributed by atoms with Gasteiger partial charge in [-0.25, -0.2) is 15.0 Å². The summed E-state index contributed by atoms with van der Waals surface area (Å²) < 4.78 is 0. The second-order valence-electron chi connectivity index (χ2n) is 16.7. The minimum atomic E-state index is -0.442. The van der Waals surface area contributed by atoms with Gasteiger partial charge in [-0.1, -0.05) is 206 Å². The highest BCUT2D eigenvalue weighted by molar-refractivity contribution is 7.99. The Labute approximate surface area is 375 Å². The van der Waals surface area contributed by atoms with Crippen molar-refractivity contribution >= 4 is 33.4 Å². The van der Waals surface area contributed by atoms with Crippen molar-refractivity contribution in [2.24, 2.45) is 0 Å². The van der Waals surface area contributed by atoms with E-state index in [1.807, 2.05) is 48.2 Å². The van der Waals surface area contributed by atoms with Crippen LogP contribution in [-0.4, -0.2) is 15.0 Å². The Bertz CT molecular complexity index is 3520. The Balaban J connectivity index is 0.915. The molecule has 0 atom stereocenters. The smallest absolute Gasteiger partial charge is 0.160 e. The van der Waals surface area contributed by atoms with Crippen molar-refractivity contribution in [2.75, 3.05) is 0 Å². The number of nitrogens with zero attached hydrogens (tertiary/aromatic N) is 3. The Morgan fingerprint density at radius 2 is 0.828 bits per heavy atom. The van der Waals surface area contributed by atoms with E-state index in [1.165, 1.54) is 48.6 Å². The lowest BCUT2D eigenvalue weighted by molar-refractivity contribution is 0.724. The van der Waals surface area contributed by atoms with Crippen molar-refractivity contribution in [3.63, 3.8) is 0 Å². The van der Waals surface area contributed by atoms with Gasteiger partial charge in [0.1, 0.15) is 0 Å². The summed E-state index contributed by atoms with van der Waals surface area (Å²) in [6, 6.07) is 80.8. The molecule has 4 heteroatoms. The highest BCUT2D eigenvalue weighted by atomic mass is 32.2. The number of para-hydroxylation sites is 1. The highest BCUT2D eigenvalue weighted by Gasteiger charge is 2.50. The second-order valence-corrected chi connectivity index (χ2v) is 17.7. The van der Waals surface area contributed by atoms with E-state index in [9.17, 15) is 0 Å². The van der Waals surface area contributed by atoms with Gasteiger partial charge in [0.05, 0.1) is 28.0 Å². The molecule has 1 aliphatic carbocycles. The minimum Gasteiger partial charge on any atom is -0.247 e. The zero-order chi connectivity index (χ0) is 42.2. The fraction of sp³-hybridized carbons (Fsp3) is 0.0167. The van der Waals surface area contributed by atoms with Crippen LogP contribution >= 0.6 is 11.8 Å². The molecule has 0 saturated carbocycles. The van der Waals surface area contributed by atoms with Gasteiger partial charge in [0, 0.05) is 42.8 Å². The molecule has 13 rings (SSSR count). The quantitative estimate of drug-likeness (QED) is 0.162. The maximum absolute atomic E-state index is 5.41. The molecule has 0 radical (unpaired) electrons. The van der Waals surface area contributed by atoms with E-state index in [0.29, 0.717) is 5.82 Å². The van der Waals surface area contributed by atoms with Crippen LogP contribution in [0.5, 0.6) is 0 Å². The standard InChI is InChI=1S/C60H37N3S/c1-3-15-40(16-4-1)54-37-55(63-59(62-54)43-17-5-2-6-18-43)41-31-27-38(28-32-41)39-29-33-42(34-30-39)58-48-36-57-52(35-47(48)46-21-9-13-25-53(46)61-58)60(51-24-12-14-26-56(51)64-57)49-22-10-7-19-44(49)45-20-8-11-23-50(45)60/h1-37H. The molecule has 9 aromatic carbocycles. The third-order valence-electron chi connectivity index (χ3n) is 13.2. The van der Waals surface area contributed by atoms with Gasteiger partial charge in [-0.2, -0.15) is 0 Å². The van der Waals surface area contributed by atoms with Crippen molar-refractivity contribution in [3.8, 4) is 67.4 Å². The Kier molecular flexibility index (Phi) is 8.37. The van der Waals surface area contributed by atoms with Gasteiger partial charge in [-0.15, -0.1) is 0 Å². The van der Waals surface area contributed by atoms with Crippen LogP contribution in [0.15, 0.2) is 234 Å². The number of aromatic nitrogens is 3. The first-order chi connectivity index (χ1) is 31.7. The number of hydrogen-bond donors (Lipinski definition) is 0. The first-order valence-electron chi connectivity index (χ1n) is 21.8. The predicted molar refractivity (Wildman–Crippen MR) is 263 cm³/mol. The molecule has 0 N–H and O–H groups in total. The van der Waals surface area contributed by atoms with Gasteiger partial charge >= 0.3 is 0 Å². The lowest BCUT2D eigenvalue weighted by atomic mass is 9.67. The third-order valence-corrected chi connectivity index (χ3v) is 14.3. The molecule has 1 spiro atoms. The highest BCUT2D eigenvalue weighted by Crippen LogP contribution is 2.62. The Morgan fingerprint density at radius 3 is 1.50 bits per heavy atom. The number of hydrogen-bond acceptors (Lipinski definition) is 4. The first-order valence-corrected chi connectivity index (χ1v) is 22.6. The summed E-state index contributed by atoms with van der Waals surface area (Å²) in [6.45, 7) is 0. The van der Waals surface area contributed by atoms with Crippen LogP contribution in [0.2, 0.25) is 0 Å². The summed E-state index contributed by atoms with van der Waals surface area (Å²) in [6.07, 6.45) is 0. The summed E-state index contributed by atoms with van der Waals surface area (Å²) in [5.74, 6) is 0.712. The summed E-state index contributed by atoms with van der Waals surface area (Å²) in [4.78, 5) is 18.0. The van der Waals surface area contributed by atoms with Gasteiger partial charge in [0.15, 0.2) is 5.82 Å². The fourth-order valence-electron chi connectivity index (χ4n) is 10.2. The van der Waals surface area contributed by atoms with Crippen molar-refractivity contribution < 1.29 is 0 Å². The molecule has 2 aromatic heterocycles. The predicted octanol–water partition coefficient (Wildman–Crippen LogP) is 15.3. The van der Waals surface area contributed by atoms with E-state index < -0.39 is 5.41 Å². The lowest BCUT2D eigenvalue weighted by Gasteiger charge is -2.40. The van der Waals surface area contributed by atoms with Crippen LogP contribution in [-0.2, 0) is 5.41 Å². The minimum absolute atomic E-state index is 0.442. The molecule has 11 aromatic rings. The molecule has 0 unspecified atom stereocenters. The molecular weight excluding hydrogens is 795 g/mol. The van der Waals surface area contributed by atoms with E-state index in [-0.39, 0.29) is 0 Å². The maximum Gasteiger partial charge on any atom is 0.160 e. The summed E-state index contributed by atoms with van der Waals surface area (Å²) >= 11 is 1.88. The number of rotatable bonds is 5. The van der Waals surface area contributed by atoms with Gasteiger partial charge in [0.25, 0.3) is 0 Å². The zero-order valence-corrected chi connectivity index (χ0v) is 35.4. The summed E-state index contributed by atoms with van der Waals surface area (Å²) in [5.41, 5.74) is 17.8. The summed E-state index contributed by atoms with van der Waals surface area (Å²) in [5, 5.41) is 3.54. The van der Waals surface area contributed by atoms with Crippen molar-refractivity contribution in [3.05, 3.63) is 247 Å². The molecule has 2 aliphatic rings. The van der Waals surface area contributed by atoms with Crippen molar-refractivity contribution in [2.45, 2.75) is 15.2 Å². The zero-order valence-electron chi connectivity index (χ0n) is 34.6. The van der Waals surface area contributed by atoms with Crippen molar-refractivity contribution in [1.82, 2.24) is 15.0 Å². The van der Waals surface area contributed by atoms with E-state index in [1.54, 1.807) is 0 Å². The Morgan fingerprint density at radius 1 is 0.312 bits per heavy atom. The summed E-state index contributed by atoms with van der Waals surface area (Å²) in [7, 11) is 0. The number of benzene rings is 9. The molecule has 64 heavy (non-hydrogen) atoms. The normalized spacial score (nSPS) is 13.1. The molecule has 3 nitrogen and oxygen atoms in total. The second kappa shape index (κ2) is 14.6. The monoisotopic (exact) mass is 831 g/mol. The average molecular weight is 832 g/mol. The van der Waals surface area contributed by atoms with Crippen LogP contribution in [0.3, 0.4) is 0 Å². The average Bonchev–Trinajstić information content (AvgIpc) is 3.66. The van der Waals surface area contributed by atoms with Crippen LogP contribution in [0, 0.1) is 0 Å². The van der Waals surface area contributed by atoms with E-state index in [2.05, 4.69) is 188 Å². The fourth-order valence-corrected chi connectivity index (χ4v) is 11.5. The van der Waals surface area contributed by atoms with Crippen LogP contribution in [0.4, 0.5) is 0 Å². The van der Waals surface area contributed by atoms with Crippen LogP contribution in [0.25, 0.3) is 89.1 Å². The number of pyridine rings is 1. The SMILES string of the molecule is c1ccc(-c2cc(-c3ccc(-c4ccc(-c5nc6ccccc6c6cc7c(cc56)Sc5ccccc5C75c6ccccc6-c6ccccc65)cc4)cc3)nc(-c3ccccc3)n2)cc1. The van der Waals surface area contributed by atoms with E-state index in [4.69, 9.17) is 15.0 Å². The molecule has 0 fully saturated rings.